The van der Waals surface area contributed by atoms with E-state index in [1.165, 1.54) is 24.7 Å². The SMILES string of the molecule is CCC(NC(=O)NN(c1cc(OC)ccc1OC)S(=O)[O-])(C(F)(F)F)C(F)(F)F. The zero-order chi connectivity index (χ0) is 22.6. The molecule has 2 N–H and O–H groups in total. The average molecular weight is 452 g/mol. The molecule has 1 aromatic carbocycles. The lowest BCUT2D eigenvalue weighted by atomic mass is 9.94. The van der Waals surface area contributed by atoms with Gasteiger partial charge in [-0.1, -0.05) is 6.92 Å². The smallest absolute Gasteiger partial charge is 0.420 e. The molecule has 0 aliphatic heterocycles. The number of urea groups is 1. The Bertz CT molecular complexity index is 744. The maximum atomic E-state index is 13.1. The van der Waals surface area contributed by atoms with Gasteiger partial charge >= 0.3 is 18.4 Å². The van der Waals surface area contributed by atoms with Crippen LogP contribution in [0.3, 0.4) is 0 Å². The van der Waals surface area contributed by atoms with E-state index in [2.05, 4.69) is 0 Å². The molecule has 15 heteroatoms. The first-order chi connectivity index (χ1) is 13.2. The van der Waals surface area contributed by atoms with E-state index in [4.69, 9.17) is 9.47 Å². The number of nitrogens with one attached hydrogen (secondary N) is 2. The number of hydrogen-bond donors (Lipinski definition) is 2. The van der Waals surface area contributed by atoms with E-state index in [1.807, 2.05) is 0 Å². The van der Waals surface area contributed by atoms with Crippen molar-refractivity contribution in [1.82, 2.24) is 10.7 Å². The summed E-state index contributed by atoms with van der Waals surface area (Å²) in [5.41, 5.74) is -3.60. The highest BCUT2D eigenvalue weighted by Crippen LogP contribution is 2.45. The van der Waals surface area contributed by atoms with Gasteiger partial charge in [-0.2, -0.15) is 26.3 Å². The molecule has 0 aliphatic rings. The Balaban J connectivity index is 3.31. The second-order valence-corrected chi connectivity index (χ2v) is 6.17. The molecule has 0 saturated carbocycles. The molecule has 0 heterocycles. The van der Waals surface area contributed by atoms with Gasteiger partial charge in [-0.05, 0) is 18.6 Å². The molecule has 1 unspecified atom stereocenters. The Hall–Kier alpha value is -2.42. The van der Waals surface area contributed by atoms with Crippen LogP contribution in [0.25, 0.3) is 0 Å². The summed E-state index contributed by atoms with van der Waals surface area (Å²) >= 11 is -3.36. The fraction of sp³-hybridized carbons (Fsp3) is 0.500. The first-order valence-electron chi connectivity index (χ1n) is 7.57. The summed E-state index contributed by atoms with van der Waals surface area (Å²) in [6, 6.07) is 1.49. The van der Waals surface area contributed by atoms with Crippen LogP contribution in [0.2, 0.25) is 0 Å². The number of ether oxygens (including phenoxy) is 2. The molecule has 0 aromatic heterocycles. The maximum Gasteiger partial charge on any atom is 0.420 e. The predicted octanol–water partition coefficient (Wildman–Crippen LogP) is 2.79. The molecule has 0 saturated heterocycles. The van der Waals surface area contributed by atoms with E-state index >= 15 is 0 Å². The Morgan fingerprint density at radius 1 is 1.14 bits per heavy atom. The van der Waals surface area contributed by atoms with Crippen molar-refractivity contribution in [1.29, 1.82) is 0 Å². The van der Waals surface area contributed by atoms with E-state index in [0.29, 0.717) is 6.92 Å². The van der Waals surface area contributed by atoms with Crippen molar-refractivity contribution in [2.45, 2.75) is 31.2 Å². The number of methoxy groups -OCH3 is 2. The van der Waals surface area contributed by atoms with Crippen LogP contribution in [0.15, 0.2) is 18.2 Å². The largest absolute Gasteiger partial charge is 0.754 e. The van der Waals surface area contributed by atoms with Crippen LogP contribution < -0.4 is 24.6 Å². The number of alkyl halides is 6. The number of carbonyl (C=O) groups is 1. The Kier molecular flexibility index (Phi) is 7.59. The normalized spacial score (nSPS) is 13.4. The molecule has 8 nitrogen and oxygen atoms in total. The minimum Gasteiger partial charge on any atom is -0.754 e. The lowest BCUT2D eigenvalue weighted by Crippen LogP contribution is -2.69. The summed E-state index contributed by atoms with van der Waals surface area (Å²) in [4.78, 5) is 11.9. The van der Waals surface area contributed by atoms with Gasteiger partial charge in [0.25, 0.3) is 0 Å². The molecule has 0 aliphatic carbocycles. The standard InChI is InChI=1S/C14H17F6N3O5S/c1-4-12(13(15,16)17,14(18,19)20)21-11(24)22-23(29(25)26)9-7-8(27-2)5-6-10(9)28-3/h5-7H,4H2,1-3H3,(H,25,26)(H2,21,22,24)/p-1. The lowest BCUT2D eigenvalue weighted by molar-refractivity contribution is -0.304. The number of halogens is 6. The fourth-order valence-corrected chi connectivity index (χ4v) is 2.70. The number of amides is 2. The van der Waals surface area contributed by atoms with Gasteiger partial charge in [0.2, 0.25) is 5.54 Å². The third-order valence-electron chi connectivity index (χ3n) is 3.78. The van der Waals surface area contributed by atoms with E-state index in [9.17, 15) is 39.9 Å². The van der Waals surface area contributed by atoms with Crippen molar-refractivity contribution in [3.8, 4) is 11.5 Å². The van der Waals surface area contributed by atoms with Gasteiger partial charge in [-0.15, -0.1) is 0 Å². The van der Waals surface area contributed by atoms with Crippen molar-refractivity contribution in [3.63, 3.8) is 0 Å². The third kappa shape index (κ3) is 5.14. The Labute approximate surface area is 163 Å². The minimum atomic E-state index is -5.91. The zero-order valence-electron chi connectivity index (χ0n) is 15.1. The molecule has 1 aromatic rings. The number of anilines is 1. The number of rotatable bonds is 7. The third-order valence-corrected chi connectivity index (χ3v) is 4.37. The topological polar surface area (TPSA) is 103 Å². The number of nitrogens with zero attached hydrogens (tertiary/aromatic N) is 1. The summed E-state index contributed by atoms with van der Waals surface area (Å²) in [6.45, 7) is 0.565. The summed E-state index contributed by atoms with van der Waals surface area (Å²) in [7, 11) is 2.33. The average Bonchev–Trinajstić information content (AvgIpc) is 2.61. The molecule has 0 radical (unpaired) electrons. The van der Waals surface area contributed by atoms with Crippen LogP contribution >= 0.6 is 0 Å². The van der Waals surface area contributed by atoms with Crippen molar-refractivity contribution in [2.75, 3.05) is 18.6 Å². The van der Waals surface area contributed by atoms with Crippen LogP contribution in [-0.2, 0) is 11.3 Å². The van der Waals surface area contributed by atoms with Crippen LogP contribution in [0, 0.1) is 0 Å². The number of benzene rings is 1. The van der Waals surface area contributed by atoms with Gasteiger partial charge in [0, 0.05) is 6.07 Å². The quantitative estimate of drug-likeness (QED) is 0.376. The van der Waals surface area contributed by atoms with E-state index in [-0.39, 0.29) is 15.9 Å². The number of hydrogen-bond acceptors (Lipinski definition) is 5. The highest BCUT2D eigenvalue weighted by Gasteiger charge is 2.70. The molecular weight excluding hydrogens is 436 g/mol. The van der Waals surface area contributed by atoms with E-state index in [0.717, 1.165) is 18.5 Å². The highest BCUT2D eigenvalue weighted by atomic mass is 32.2. The van der Waals surface area contributed by atoms with Gasteiger partial charge in [-0.3, -0.25) is 4.21 Å². The predicted molar refractivity (Wildman–Crippen MR) is 87.7 cm³/mol. The Morgan fingerprint density at radius 3 is 2.07 bits per heavy atom. The molecule has 0 bridgehead atoms. The molecule has 1 atom stereocenters. The monoisotopic (exact) mass is 452 g/mol. The van der Waals surface area contributed by atoms with Gasteiger partial charge in [0.1, 0.15) is 17.2 Å². The molecule has 166 valence electrons. The van der Waals surface area contributed by atoms with E-state index in [1.54, 1.807) is 0 Å². The molecule has 29 heavy (non-hydrogen) atoms. The molecule has 0 fully saturated rings. The lowest BCUT2D eigenvalue weighted by Gasteiger charge is -2.38. The van der Waals surface area contributed by atoms with Gasteiger partial charge in [0.15, 0.2) is 0 Å². The maximum absolute atomic E-state index is 13.1. The van der Waals surface area contributed by atoms with Gasteiger partial charge in [-0.25, -0.2) is 14.6 Å². The van der Waals surface area contributed by atoms with Crippen LogP contribution in [0.1, 0.15) is 13.3 Å². The summed E-state index contributed by atoms with van der Waals surface area (Å²) in [5, 5.41) is 0.794. The van der Waals surface area contributed by atoms with Crippen molar-refractivity contribution >= 4 is 23.0 Å². The first-order valence-corrected chi connectivity index (χ1v) is 8.61. The molecule has 0 spiro atoms. The van der Waals surface area contributed by atoms with Crippen molar-refractivity contribution in [2.24, 2.45) is 0 Å². The molecule has 1 rings (SSSR count). The summed E-state index contributed by atoms with van der Waals surface area (Å²) in [5.74, 6) is -0.115. The minimum absolute atomic E-state index is 0.0101. The van der Waals surface area contributed by atoms with E-state index < -0.39 is 47.3 Å². The zero-order valence-corrected chi connectivity index (χ0v) is 15.9. The number of hydrazine groups is 1. The molecule has 2 amide bonds. The van der Waals surface area contributed by atoms with Crippen LogP contribution in [0.4, 0.5) is 36.8 Å². The molecular formula is C14H16F6N3O5S-. The fourth-order valence-electron chi connectivity index (χ4n) is 2.24. The Morgan fingerprint density at radius 2 is 1.69 bits per heavy atom. The van der Waals surface area contributed by atoms with Gasteiger partial charge in [0.05, 0.1) is 25.5 Å². The van der Waals surface area contributed by atoms with Crippen LogP contribution in [-0.4, -0.2) is 46.9 Å². The second-order valence-electron chi connectivity index (χ2n) is 5.37. The van der Waals surface area contributed by atoms with Crippen LogP contribution in [0.5, 0.6) is 11.5 Å². The highest BCUT2D eigenvalue weighted by molar-refractivity contribution is 7.80. The number of carbonyl (C=O) groups excluding carboxylic acids is 1. The summed E-state index contributed by atoms with van der Waals surface area (Å²) in [6.07, 6.45) is -13.4. The van der Waals surface area contributed by atoms with Gasteiger partial charge < -0.3 is 19.3 Å². The van der Waals surface area contributed by atoms with Crippen molar-refractivity contribution < 1.29 is 49.4 Å². The van der Waals surface area contributed by atoms with Crippen molar-refractivity contribution in [3.05, 3.63) is 18.2 Å². The summed E-state index contributed by atoms with van der Waals surface area (Å²) < 4.78 is 111. The second kappa shape index (κ2) is 8.94. The first kappa shape index (κ1) is 24.6.